The van der Waals surface area contributed by atoms with Crippen molar-refractivity contribution in [3.8, 4) is 17.0 Å². The van der Waals surface area contributed by atoms with Crippen molar-refractivity contribution in [2.24, 2.45) is 0 Å². The third-order valence-electron chi connectivity index (χ3n) is 5.25. The molecule has 3 aromatic rings. The fourth-order valence-electron chi connectivity index (χ4n) is 3.52. The number of hydrogen-bond acceptors (Lipinski definition) is 5. The molecule has 166 valence electrons. The number of hydrogen-bond donors (Lipinski definition) is 0. The molecular weight excluding hydrogens is 454 g/mol. The van der Waals surface area contributed by atoms with Crippen molar-refractivity contribution < 1.29 is 13.9 Å². The first-order valence-electron chi connectivity index (χ1n) is 10.2. The summed E-state index contributed by atoms with van der Waals surface area (Å²) in [5.74, 6) is 0.747. The highest BCUT2D eigenvalue weighted by Crippen LogP contribution is 2.29. The first kappa shape index (κ1) is 22.3. The van der Waals surface area contributed by atoms with Crippen LogP contribution in [0.1, 0.15) is 6.92 Å². The van der Waals surface area contributed by atoms with E-state index in [1.54, 1.807) is 24.0 Å². The lowest BCUT2D eigenvalue weighted by atomic mass is 10.1. The maximum atomic E-state index is 13.0. The van der Waals surface area contributed by atoms with E-state index >= 15 is 0 Å². The van der Waals surface area contributed by atoms with E-state index in [2.05, 4.69) is 15.1 Å². The molecular formula is C23H21Cl2FN4O2. The molecule has 2 aromatic carbocycles. The Labute approximate surface area is 195 Å². The van der Waals surface area contributed by atoms with Crippen LogP contribution in [-0.4, -0.2) is 53.3 Å². The molecule has 0 N–H and O–H groups in total. The molecule has 1 saturated heterocycles. The normalized spacial score (nSPS) is 14.9. The van der Waals surface area contributed by atoms with Crippen LogP contribution in [0, 0.1) is 5.82 Å². The minimum Gasteiger partial charge on any atom is -0.481 e. The van der Waals surface area contributed by atoms with Crippen molar-refractivity contribution >= 4 is 34.9 Å². The Morgan fingerprint density at radius 3 is 2.34 bits per heavy atom. The van der Waals surface area contributed by atoms with Crippen LogP contribution >= 0.6 is 23.2 Å². The summed E-state index contributed by atoms with van der Waals surface area (Å²) < 4.78 is 18.7. The molecule has 1 aromatic heterocycles. The highest BCUT2D eigenvalue weighted by atomic mass is 35.5. The Balaban J connectivity index is 1.34. The summed E-state index contributed by atoms with van der Waals surface area (Å²) in [4.78, 5) is 16.6. The number of nitrogens with zero attached hydrogens (tertiary/aromatic N) is 4. The van der Waals surface area contributed by atoms with Crippen LogP contribution in [0.5, 0.6) is 5.75 Å². The van der Waals surface area contributed by atoms with Gasteiger partial charge in [-0.3, -0.25) is 4.79 Å². The Hall–Kier alpha value is -2.90. The van der Waals surface area contributed by atoms with E-state index < -0.39 is 6.10 Å². The van der Waals surface area contributed by atoms with Gasteiger partial charge in [0.1, 0.15) is 11.6 Å². The molecule has 0 aliphatic carbocycles. The van der Waals surface area contributed by atoms with Gasteiger partial charge >= 0.3 is 0 Å². The number of aromatic nitrogens is 2. The number of amides is 1. The maximum Gasteiger partial charge on any atom is 0.263 e. The zero-order valence-electron chi connectivity index (χ0n) is 17.3. The minimum absolute atomic E-state index is 0.104. The van der Waals surface area contributed by atoms with Crippen molar-refractivity contribution in [1.29, 1.82) is 0 Å². The average Bonchev–Trinajstić information content (AvgIpc) is 2.80. The molecule has 1 aliphatic heterocycles. The second-order valence-corrected chi connectivity index (χ2v) is 8.27. The zero-order valence-corrected chi connectivity index (χ0v) is 18.9. The Kier molecular flexibility index (Phi) is 6.77. The van der Waals surface area contributed by atoms with Crippen LogP contribution in [0.2, 0.25) is 10.0 Å². The van der Waals surface area contributed by atoms with Gasteiger partial charge in [-0.15, -0.1) is 10.2 Å². The van der Waals surface area contributed by atoms with Crippen LogP contribution in [0.15, 0.2) is 54.6 Å². The maximum absolute atomic E-state index is 13.0. The molecule has 6 nitrogen and oxygen atoms in total. The molecule has 1 amide bonds. The lowest BCUT2D eigenvalue weighted by Crippen LogP contribution is -2.52. The molecule has 0 spiro atoms. The van der Waals surface area contributed by atoms with E-state index in [0.29, 0.717) is 47.7 Å². The lowest BCUT2D eigenvalue weighted by molar-refractivity contribution is -0.138. The molecule has 9 heteroatoms. The first-order chi connectivity index (χ1) is 15.4. The van der Waals surface area contributed by atoms with Crippen molar-refractivity contribution in [1.82, 2.24) is 15.1 Å². The molecule has 32 heavy (non-hydrogen) atoms. The van der Waals surface area contributed by atoms with E-state index in [-0.39, 0.29) is 11.7 Å². The summed E-state index contributed by atoms with van der Waals surface area (Å²) in [6, 6.07) is 14.6. The Morgan fingerprint density at radius 1 is 1.00 bits per heavy atom. The Morgan fingerprint density at radius 2 is 1.72 bits per heavy atom. The highest BCUT2D eigenvalue weighted by molar-refractivity contribution is 6.36. The summed E-state index contributed by atoms with van der Waals surface area (Å²) in [5, 5.41) is 9.72. The van der Waals surface area contributed by atoms with E-state index in [0.717, 1.165) is 11.4 Å². The SMILES string of the molecule is CC(Oc1ccc(F)cc1)C(=O)N1CCN(c2ccc(-c3ccc(Cl)cc3Cl)nn2)CC1. The van der Waals surface area contributed by atoms with E-state index in [4.69, 9.17) is 27.9 Å². The van der Waals surface area contributed by atoms with Crippen molar-refractivity contribution in [2.75, 3.05) is 31.1 Å². The van der Waals surface area contributed by atoms with Gasteiger partial charge in [-0.2, -0.15) is 0 Å². The molecule has 0 radical (unpaired) electrons. The molecule has 0 saturated carbocycles. The molecule has 1 atom stereocenters. The second-order valence-electron chi connectivity index (χ2n) is 7.43. The Bertz CT molecular complexity index is 1090. The molecule has 2 heterocycles. The van der Waals surface area contributed by atoms with Gasteiger partial charge in [0.05, 0.1) is 10.7 Å². The number of piperazine rings is 1. The number of ether oxygens (including phenoxy) is 1. The van der Waals surface area contributed by atoms with Crippen LogP contribution < -0.4 is 9.64 Å². The van der Waals surface area contributed by atoms with Crippen LogP contribution in [0.25, 0.3) is 11.3 Å². The van der Waals surface area contributed by atoms with E-state index in [9.17, 15) is 9.18 Å². The van der Waals surface area contributed by atoms with E-state index in [1.165, 1.54) is 24.3 Å². The van der Waals surface area contributed by atoms with Crippen molar-refractivity contribution in [3.05, 3.63) is 70.5 Å². The van der Waals surface area contributed by atoms with Crippen LogP contribution in [0.4, 0.5) is 10.2 Å². The van der Waals surface area contributed by atoms with Gasteiger partial charge in [0.25, 0.3) is 5.91 Å². The van der Waals surface area contributed by atoms with Gasteiger partial charge in [-0.05, 0) is 61.5 Å². The second kappa shape index (κ2) is 9.71. The summed E-state index contributed by atoms with van der Waals surface area (Å²) in [5.41, 5.74) is 1.43. The summed E-state index contributed by atoms with van der Waals surface area (Å²) in [6.45, 7) is 4.05. The minimum atomic E-state index is -0.657. The standard InChI is InChI=1S/C23H21Cl2FN4O2/c1-15(32-18-5-3-17(26)4-6-18)23(31)30-12-10-29(11-13-30)22-9-8-21(27-28-22)19-7-2-16(24)14-20(19)25/h2-9,14-15H,10-13H2,1H3. The number of carbonyl (C=O) groups is 1. The summed E-state index contributed by atoms with van der Waals surface area (Å²) in [7, 11) is 0. The topological polar surface area (TPSA) is 58.6 Å². The largest absolute Gasteiger partial charge is 0.481 e. The van der Waals surface area contributed by atoms with Crippen molar-refractivity contribution in [2.45, 2.75) is 13.0 Å². The average molecular weight is 475 g/mol. The monoisotopic (exact) mass is 474 g/mol. The van der Waals surface area contributed by atoms with E-state index in [1.807, 2.05) is 18.2 Å². The molecule has 1 fully saturated rings. The number of halogens is 3. The molecule has 1 aliphatic rings. The van der Waals surface area contributed by atoms with Crippen molar-refractivity contribution in [3.63, 3.8) is 0 Å². The quantitative estimate of drug-likeness (QED) is 0.535. The fourth-order valence-corrected chi connectivity index (χ4v) is 4.02. The number of carbonyl (C=O) groups excluding carboxylic acids is 1. The fraction of sp³-hybridized carbons (Fsp3) is 0.261. The third kappa shape index (κ3) is 5.11. The highest BCUT2D eigenvalue weighted by Gasteiger charge is 2.26. The number of benzene rings is 2. The van der Waals surface area contributed by atoms with Gasteiger partial charge in [-0.1, -0.05) is 23.2 Å². The molecule has 1 unspecified atom stereocenters. The zero-order chi connectivity index (χ0) is 22.7. The predicted molar refractivity (Wildman–Crippen MR) is 123 cm³/mol. The predicted octanol–water partition coefficient (Wildman–Crippen LogP) is 4.71. The van der Waals surface area contributed by atoms with Gasteiger partial charge in [-0.25, -0.2) is 4.39 Å². The van der Waals surface area contributed by atoms with Gasteiger partial charge < -0.3 is 14.5 Å². The number of rotatable bonds is 5. The van der Waals surface area contributed by atoms with Gasteiger partial charge in [0.15, 0.2) is 11.9 Å². The smallest absolute Gasteiger partial charge is 0.263 e. The summed E-state index contributed by atoms with van der Waals surface area (Å²) in [6.07, 6.45) is -0.657. The third-order valence-corrected chi connectivity index (χ3v) is 5.79. The molecule has 0 bridgehead atoms. The van der Waals surface area contributed by atoms with Gasteiger partial charge in [0, 0.05) is 36.8 Å². The van der Waals surface area contributed by atoms with Crippen LogP contribution in [0.3, 0.4) is 0 Å². The lowest BCUT2D eigenvalue weighted by Gasteiger charge is -2.36. The summed E-state index contributed by atoms with van der Waals surface area (Å²) >= 11 is 12.2. The molecule has 4 rings (SSSR count). The number of anilines is 1. The van der Waals surface area contributed by atoms with Crippen LogP contribution in [-0.2, 0) is 4.79 Å². The van der Waals surface area contributed by atoms with Gasteiger partial charge in [0.2, 0.25) is 0 Å². The first-order valence-corrected chi connectivity index (χ1v) is 10.9.